The number of aromatic amines is 1. The molecule has 1 rings (SSSR count). The number of anilines is 1. The number of aliphatic hydroxyl groups excluding tert-OH is 1. The van der Waals surface area contributed by atoms with Crippen LogP contribution >= 0.6 is 0 Å². The molecule has 0 aliphatic carbocycles. The molecule has 0 unspecified atom stereocenters. The van der Waals surface area contributed by atoms with Gasteiger partial charge in [0.1, 0.15) is 5.69 Å². The molecule has 15 heavy (non-hydrogen) atoms. The van der Waals surface area contributed by atoms with Gasteiger partial charge in [0.25, 0.3) is 5.91 Å². The number of hydrogen-bond donors (Lipinski definition) is 3. The second-order valence-corrected chi connectivity index (χ2v) is 4.04. The highest BCUT2D eigenvalue weighted by molar-refractivity contribution is 5.97. The van der Waals surface area contributed by atoms with Crippen LogP contribution in [0.5, 0.6) is 0 Å². The fourth-order valence-corrected chi connectivity index (χ4v) is 1.02. The molecule has 1 aromatic heterocycles. The molecular weight excluding hydrogens is 196 g/mol. The predicted molar refractivity (Wildman–Crippen MR) is 56.3 cm³/mol. The number of aliphatic hydroxyl groups is 1. The summed E-state index contributed by atoms with van der Waals surface area (Å²) in [4.78, 5) is 13.3. The molecule has 4 N–H and O–H groups in total. The highest BCUT2D eigenvalue weighted by Gasteiger charge is 2.29. The van der Waals surface area contributed by atoms with Gasteiger partial charge >= 0.3 is 0 Å². The Morgan fingerprint density at radius 2 is 2.33 bits per heavy atom. The van der Waals surface area contributed by atoms with Crippen LogP contribution in [0.15, 0.2) is 6.20 Å². The Morgan fingerprint density at radius 1 is 1.73 bits per heavy atom. The van der Waals surface area contributed by atoms with Gasteiger partial charge in [-0.05, 0) is 13.8 Å². The van der Waals surface area contributed by atoms with Crippen LogP contribution in [-0.4, -0.2) is 45.3 Å². The lowest BCUT2D eigenvalue weighted by Gasteiger charge is -2.33. The first-order chi connectivity index (χ1) is 6.90. The third-order valence-corrected chi connectivity index (χ3v) is 2.48. The quantitative estimate of drug-likeness (QED) is 0.648. The van der Waals surface area contributed by atoms with E-state index < -0.39 is 5.54 Å². The summed E-state index contributed by atoms with van der Waals surface area (Å²) in [7, 11) is 1.61. The van der Waals surface area contributed by atoms with E-state index in [1.54, 1.807) is 20.9 Å². The van der Waals surface area contributed by atoms with Gasteiger partial charge in [-0.25, -0.2) is 0 Å². The number of carbonyl (C=O) groups excluding carboxylic acids is 1. The number of nitrogens with zero attached hydrogens (tertiary/aromatic N) is 2. The number of amides is 1. The highest BCUT2D eigenvalue weighted by atomic mass is 16.3. The minimum absolute atomic E-state index is 0.122. The molecule has 0 aliphatic rings. The van der Waals surface area contributed by atoms with Crippen molar-refractivity contribution < 1.29 is 9.90 Å². The molecule has 1 amide bonds. The average Bonchev–Trinajstić information content (AvgIpc) is 2.62. The molecule has 1 aromatic rings. The van der Waals surface area contributed by atoms with Crippen molar-refractivity contribution in [3.63, 3.8) is 0 Å². The average molecular weight is 212 g/mol. The maximum absolute atomic E-state index is 11.9. The Morgan fingerprint density at radius 3 is 2.73 bits per heavy atom. The molecule has 6 nitrogen and oxygen atoms in total. The van der Waals surface area contributed by atoms with E-state index in [-0.39, 0.29) is 18.2 Å². The van der Waals surface area contributed by atoms with Crippen LogP contribution in [0.1, 0.15) is 24.3 Å². The molecule has 0 aromatic carbocycles. The van der Waals surface area contributed by atoms with E-state index in [0.717, 1.165) is 0 Å². The number of hydrogen-bond acceptors (Lipinski definition) is 4. The van der Waals surface area contributed by atoms with Crippen LogP contribution < -0.4 is 5.73 Å². The topological polar surface area (TPSA) is 95.2 Å². The first-order valence-electron chi connectivity index (χ1n) is 4.58. The summed E-state index contributed by atoms with van der Waals surface area (Å²) in [6.45, 7) is 3.40. The molecule has 1 heterocycles. The predicted octanol–water partition coefficient (Wildman–Crippen LogP) is -0.165. The van der Waals surface area contributed by atoms with Crippen LogP contribution in [-0.2, 0) is 0 Å². The summed E-state index contributed by atoms with van der Waals surface area (Å²) in [5, 5.41) is 15.3. The molecule has 0 fully saturated rings. The van der Waals surface area contributed by atoms with E-state index in [2.05, 4.69) is 10.2 Å². The van der Waals surface area contributed by atoms with Crippen molar-refractivity contribution in [1.29, 1.82) is 0 Å². The van der Waals surface area contributed by atoms with Crippen molar-refractivity contribution in [1.82, 2.24) is 15.1 Å². The molecule has 0 atom stereocenters. The molecule has 0 bridgehead atoms. The Kier molecular flexibility index (Phi) is 2.99. The Hall–Kier alpha value is -1.56. The van der Waals surface area contributed by atoms with Crippen LogP contribution in [0.2, 0.25) is 0 Å². The number of aromatic nitrogens is 2. The largest absolute Gasteiger partial charge is 0.396 e. The SMILES string of the molecule is CN(C(=O)c1[nH]ncc1N)C(C)(C)CO. The van der Waals surface area contributed by atoms with E-state index >= 15 is 0 Å². The number of H-pyrrole nitrogens is 1. The third-order valence-electron chi connectivity index (χ3n) is 2.48. The van der Waals surface area contributed by atoms with Crippen molar-refractivity contribution in [2.24, 2.45) is 0 Å². The Labute approximate surface area is 88.1 Å². The monoisotopic (exact) mass is 212 g/mol. The first kappa shape index (κ1) is 11.5. The second kappa shape index (κ2) is 3.90. The summed E-state index contributed by atoms with van der Waals surface area (Å²) in [6, 6.07) is 0. The number of carbonyl (C=O) groups is 1. The molecule has 0 saturated carbocycles. The van der Waals surface area contributed by atoms with E-state index in [9.17, 15) is 4.79 Å². The van der Waals surface area contributed by atoms with Gasteiger partial charge in [-0.1, -0.05) is 0 Å². The molecule has 0 spiro atoms. The van der Waals surface area contributed by atoms with E-state index in [1.165, 1.54) is 11.1 Å². The summed E-state index contributed by atoms with van der Waals surface area (Å²) >= 11 is 0. The van der Waals surface area contributed by atoms with Crippen LogP contribution in [0, 0.1) is 0 Å². The number of nitrogen functional groups attached to an aromatic ring is 1. The Balaban J connectivity index is 2.92. The van der Waals surface area contributed by atoms with Gasteiger partial charge in [0.2, 0.25) is 0 Å². The zero-order chi connectivity index (χ0) is 11.6. The van der Waals surface area contributed by atoms with Gasteiger partial charge in [0.05, 0.1) is 24.0 Å². The molecule has 0 saturated heterocycles. The summed E-state index contributed by atoms with van der Waals surface area (Å²) in [5.41, 5.74) is 5.49. The standard InChI is InChI=1S/C9H16N4O2/c1-9(2,5-14)13(3)8(15)7-6(10)4-11-12-7/h4,14H,5,10H2,1-3H3,(H,11,12). The fraction of sp³-hybridized carbons (Fsp3) is 0.556. The first-order valence-corrected chi connectivity index (χ1v) is 4.58. The van der Waals surface area contributed by atoms with Crippen LogP contribution in [0.25, 0.3) is 0 Å². The lowest BCUT2D eigenvalue weighted by Crippen LogP contribution is -2.47. The van der Waals surface area contributed by atoms with E-state index in [1.807, 2.05) is 0 Å². The molecule has 0 radical (unpaired) electrons. The van der Waals surface area contributed by atoms with Crippen molar-refractivity contribution in [2.75, 3.05) is 19.4 Å². The maximum Gasteiger partial charge on any atom is 0.274 e. The summed E-state index contributed by atoms with van der Waals surface area (Å²) in [5.74, 6) is -0.288. The normalized spacial score (nSPS) is 11.5. The number of likely N-dealkylation sites (N-methyl/N-ethyl adjacent to an activating group) is 1. The van der Waals surface area contributed by atoms with Crippen molar-refractivity contribution in [2.45, 2.75) is 19.4 Å². The second-order valence-electron chi connectivity index (χ2n) is 4.04. The van der Waals surface area contributed by atoms with Crippen molar-refractivity contribution >= 4 is 11.6 Å². The molecule has 84 valence electrons. The minimum Gasteiger partial charge on any atom is -0.396 e. The minimum atomic E-state index is -0.630. The van der Waals surface area contributed by atoms with Gasteiger partial charge in [0.15, 0.2) is 0 Å². The van der Waals surface area contributed by atoms with Crippen molar-refractivity contribution in [3.8, 4) is 0 Å². The number of nitrogens with two attached hydrogens (primary N) is 1. The zero-order valence-corrected chi connectivity index (χ0v) is 9.11. The van der Waals surface area contributed by atoms with Gasteiger partial charge in [-0.15, -0.1) is 0 Å². The van der Waals surface area contributed by atoms with Crippen LogP contribution in [0.3, 0.4) is 0 Å². The zero-order valence-electron chi connectivity index (χ0n) is 9.11. The summed E-state index contributed by atoms with van der Waals surface area (Å²) in [6.07, 6.45) is 1.38. The molecular formula is C9H16N4O2. The van der Waals surface area contributed by atoms with Gasteiger partial charge in [-0.3, -0.25) is 9.89 Å². The van der Waals surface area contributed by atoms with E-state index in [0.29, 0.717) is 5.69 Å². The van der Waals surface area contributed by atoms with Crippen LogP contribution in [0.4, 0.5) is 5.69 Å². The van der Waals surface area contributed by atoms with E-state index in [4.69, 9.17) is 10.8 Å². The molecule has 0 aliphatic heterocycles. The number of rotatable bonds is 3. The van der Waals surface area contributed by atoms with Crippen molar-refractivity contribution in [3.05, 3.63) is 11.9 Å². The summed E-state index contributed by atoms with van der Waals surface area (Å²) < 4.78 is 0. The van der Waals surface area contributed by atoms with Gasteiger partial charge < -0.3 is 15.7 Å². The van der Waals surface area contributed by atoms with Gasteiger partial charge in [-0.2, -0.15) is 5.10 Å². The van der Waals surface area contributed by atoms with Gasteiger partial charge in [0, 0.05) is 7.05 Å². The third kappa shape index (κ3) is 2.10. The smallest absolute Gasteiger partial charge is 0.274 e. The lowest BCUT2D eigenvalue weighted by atomic mass is 10.0. The molecule has 6 heteroatoms. The number of nitrogens with one attached hydrogen (secondary N) is 1. The maximum atomic E-state index is 11.9. The Bertz CT molecular complexity index is 359. The lowest BCUT2D eigenvalue weighted by molar-refractivity contribution is 0.0468. The highest BCUT2D eigenvalue weighted by Crippen LogP contribution is 2.16. The fourth-order valence-electron chi connectivity index (χ4n) is 1.02.